The third-order valence-electron chi connectivity index (χ3n) is 1.97. The first-order valence-electron chi connectivity index (χ1n) is 4.67. The molecule has 16 heavy (non-hydrogen) atoms. The van der Waals surface area contributed by atoms with Gasteiger partial charge < -0.3 is 11.1 Å². The van der Waals surface area contributed by atoms with Crippen LogP contribution in [0.2, 0.25) is 0 Å². The van der Waals surface area contributed by atoms with E-state index >= 15 is 0 Å². The molecule has 0 aliphatic heterocycles. The van der Waals surface area contributed by atoms with E-state index in [9.17, 15) is 4.79 Å². The smallest absolute Gasteiger partial charge is 0.258 e. The average molecular weight is 214 g/mol. The number of aromatic nitrogens is 2. The number of nitrogen functional groups attached to an aromatic ring is 1. The number of hydrogen-bond donors (Lipinski definition) is 2. The maximum absolute atomic E-state index is 11.7. The molecule has 0 spiro atoms. The molecule has 0 saturated carbocycles. The molecule has 1 heterocycles. The molecule has 0 saturated heterocycles. The topological polar surface area (TPSA) is 80.9 Å². The van der Waals surface area contributed by atoms with Crippen molar-refractivity contribution >= 4 is 17.3 Å². The highest BCUT2D eigenvalue weighted by molar-refractivity contribution is 6.03. The van der Waals surface area contributed by atoms with Gasteiger partial charge in [-0.25, -0.2) is 9.97 Å². The SMILES string of the molecule is Nc1cccc(NC(=O)c2cncnc2)c1. The van der Waals surface area contributed by atoms with Crippen molar-refractivity contribution in [2.75, 3.05) is 11.1 Å². The van der Waals surface area contributed by atoms with Gasteiger partial charge in [-0.15, -0.1) is 0 Å². The van der Waals surface area contributed by atoms with Gasteiger partial charge in [0.2, 0.25) is 0 Å². The zero-order chi connectivity index (χ0) is 11.4. The molecule has 0 radical (unpaired) electrons. The standard InChI is InChI=1S/C11H10N4O/c12-9-2-1-3-10(4-9)15-11(16)8-5-13-7-14-6-8/h1-7H,12H2,(H,15,16). The Morgan fingerprint density at radius 3 is 2.69 bits per heavy atom. The Morgan fingerprint density at radius 1 is 1.25 bits per heavy atom. The van der Waals surface area contributed by atoms with E-state index in [1.165, 1.54) is 18.7 Å². The van der Waals surface area contributed by atoms with E-state index < -0.39 is 0 Å². The summed E-state index contributed by atoms with van der Waals surface area (Å²) in [5.74, 6) is -0.258. The van der Waals surface area contributed by atoms with Crippen LogP contribution in [-0.2, 0) is 0 Å². The Hall–Kier alpha value is -2.43. The van der Waals surface area contributed by atoms with E-state index in [4.69, 9.17) is 5.73 Å². The van der Waals surface area contributed by atoms with Crippen molar-refractivity contribution in [1.29, 1.82) is 0 Å². The van der Waals surface area contributed by atoms with Crippen LogP contribution in [-0.4, -0.2) is 15.9 Å². The maximum Gasteiger partial charge on any atom is 0.258 e. The molecule has 5 heteroatoms. The first kappa shape index (κ1) is 10.1. The van der Waals surface area contributed by atoms with Crippen molar-refractivity contribution in [2.24, 2.45) is 0 Å². The third kappa shape index (κ3) is 2.33. The highest BCUT2D eigenvalue weighted by Gasteiger charge is 2.05. The maximum atomic E-state index is 11.7. The minimum Gasteiger partial charge on any atom is -0.399 e. The lowest BCUT2D eigenvalue weighted by molar-refractivity contribution is 0.102. The van der Waals surface area contributed by atoms with Crippen LogP contribution >= 0.6 is 0 Å². The van der Waals surface area contributed by atoms with Gasteiger partial charge in [0.1, 0.15) is 6.33 Å². The number of carbonyl (C=O) groups is 1. The average Bonchev–Trinajstić information content (AvgIpc) is 2.30. The Morgan fingerprint density at radius 2 is 2.00 bits per heavy atom. The number of nitrogens with zero attached hydrogens (tertiary/aromatic N) is 2. The summed E-state index contributed by atoms with van der Waals surface area (Å²) >= 11 is 0. The molecule has 3 N–H and O–H groups in total. The summed E-state index contributed by atoms with van der Waals surface area (Å²) in [4.78, 5) is 19.2. The summed E-state index contributed by atoms with van der Waals surface area (Å²) in [5.41, 5.74) is 7.25. The summed E-state index contributed by atoms with van der Waals surface area (Å²) in [5, 5.41) is 2.70. The summed E-state index contributed by atoms with van der Waals surface area (Å²) in [6.45, 7) is 0. The zero-order valence-corrected chi connectivity index (χ0v) is 8.42. The van der Waals surface area contributed by atoms with Crippen LogP contribution in [0.5, 0.6) is 0 Å². The quantitative estimate of drug-likeness (QED) is 0.738. The van der Waals surface area contributed by atoms with E-state index in [-0.39, 0.29) is 5.91 Å². The molecule has 80 valence electrons. The van der Waals surface area contributed by atoms with E-state index in [0.29, 0.717) is 16.9 Å². The first-order valence-corrected chi connectivity index (χ1v) is 4.67. The number of amides is 1. The van der Waals surface area contributed by atoms with Crippen LogP contribution < -0.4 is 11.1 Å². The molecular formula is C11H10N4O. The van der Waals surface area contributed by atoms with Crippen LogP contribution in [0.1, 0.15) is 10.4 Å². The fourth-order valence-corrected chi connectivity index (χ4v) is 1.24. The Balaban J connectivity index is 2.14. The summed E-state index contributed by atoms with van der Waals surface area (Å²) in [7, 11) is 0. The number of benzene rings is 1. The molecule has 2 rings (SSSR count). The molecule has 2 aromatic rings. The molecule has 1 amide bonds. The lowest BCUT2D eigenvalue weighted by atomic mass is 10.2. The van der Waals surface area contributed by atoms with Gasteiger partial charge in [0.05, 0.1) is 5.56 Å². The Labute approximate surface area is 92.3 Å². The number of nitrogens with two attached hydrogens (primary N) is 1. The number of anilines is 2. The minimum absolute atomic E-state index is 0.258. The Bertz CT molecular complexity index is 498. The van der Waals surface area contributed by atoms with E-state index in [0.717, 1.165) is 0 Å². The zero-order valence-electron chi connectivity index (χ0n) is 8.42. The predicted molar refractivity (Wildman–Crippen MR) is 60.8 cm³/mol. The molecule has 0 bridgehead atoms. The summed E-state index contributed by atoms with van der Waals surface area (Å²) in [6, 6.07) is 6.97. The van der Waals surface area contributed by atoms with Crippen molar-refractivity contribution < 1.29 is 4.79 Å². The lowest BCUT2D eigenvalue weighted by Gasteiger charge is -2.04. The lowest BCUT2D eigenvalue weighted by Crippen LogP contribution is -2.12. The molecule has 0 unspecified atom stereocenters. The van der Waals surface area contributed by atoms with Gasteiger partial charge >= 0.3 is 0 Å². The molecule has 1 aromatic carbocycles. The number of nitrogens with one attached hydrogen (secondary N) is 1. The van der Waals surface area contributed by atoms with Gasteiger partial charge in [-0.2, -0.15) is 0 Å². The minimum atomic E-state index is -0.258. The molecule has 0 aliphatic carbocycles. The number of carbonyl (C=O) groups excluding carboxylic acids is 1. The molecule has 1 aromatic heterocycles. The van der Waals surface area contributed by atoms with Crippen LogP contribution in [0.15, 0.2) is 43.0 Å². The highest BCUT2D eigenvalue weighted by Crippen LogP contribution is 2.12. The van der Waals surface area contributed by atoms with E-state index in [1.54, 1.807) is 24.3 Å². The second kappa shape index (κ2) is 4.39. The van der Waals surface area contributed by atoms with Gasteiger partial charge in [0.25, 0.3) is 5.91 Å². The van der Waals surface area contributed by atoms with Gasteiger partial charge in [-0.1, -0.05) is 6.07 Å². The van der Waals surface area contributed by atoms with Gasteiger partial charge in [0, 0.05) is 23.8 Å². The monoisotopic (exact) mass is 214 g/mol. The fraction of sp³-hybridized carbons (Fsp3) is 0. The van der Waals surface area contributed by atoms with Crippen LogP contribution in [0.4, 0.5) is 11.4 Å². The fourth-order valence-electron chi connectivity index (χ4n) is 1.24. The van der Waals surface area contributed by atoms with Crippen LogP contribution in [0.3, 0.4) is 0 Å². The number of hydrogen-bond acceptors (Lipinski definition) is 4. The van der Waals surface area contributed by atoms with Crippen molar-refractivity contribution in [3.63, 3.8) is 0 Å². The van der Waals surface area contributed by atoms with Crippen molar-refractivity contribution in [3.05, 3.63) is 48.5 Å². The van der Waals surface area contributed by atoms with Crippen molar-refractivity contribution in [3.8, 4) is 0 Å². The molecular weight excluding hydrogens is 204 g/mol. The largest absolute Gasteiger partial charge is 0.399 e. The predicted octanol–water partition coefficient (Wildman–Crippen LogP) is 1.31. The molecule has 0 fully saturated rings. The highest BCUT2D eigenvalue weighted by atomic mass is 16.1. The Kier molecular flexibility index (Phi) is 2.77. The summed E-state index contributed by atoms with van der Waals surface area (Å²) in [6.07, 6.45) is 4.28. The van der Waals surface area contributed by atoms with Gasteiger partial charge in [-0.05, 0) is 18.2 Å². The van der Waals surface area contributed by atoms with E-state index in [2.05, 4.69) is 15.3 Å². The van der Waals surface area contributed by atoms with E-state index in [1.807, 2.05) is 0 Å². The molecule has 5 nitrogen and oxygen atoms in total. The van der Waals surface area contributed by atoms with Crippen LogP contribution in [0, 0.1) is 0 Å². The second-order valence-corrected chi connectivity index (χ2v) is 3.21. The van der Waals surface area contributed by atoms with Gasteiger partial charge in [0.15, 0.2) is 0 Å². The third-order valence-corrected chi connectivity index (χ3v) is 1.97. The number of rotatable bonds is 2. The van der Waals surface area contributed by atoms with Crippen LogP contribution in [0.25, 0.3) is 0 Å². The van der Waals surface area contributed by atoms with Crippen molar-refractivity contribution in [1.82, 2.24) is 9.97 Å². The van der Waals surface area contributed by atoms with Gasteiger partial charge in [-0.3, -0.25) is 4.79 Å². The normalized spacial score (nSPS) is 9.75. The summed E-state index contributed by atoms with van der Waals surface area (Å²) < 4.78 is 0. The molecule has 0 atom stereocenters. The first-order chi connectivity index (χ1) is 7.75. The second-order valence-electron chi connectivity index (χ2n) is 3.21. The molecule has 0 aliphatic rings. The van der Waals surface area contributed by atoms with Crippen molar-refractivity contribution in [2.45, 2.75) is 0 Å².